The summed E-state index contributed by atoms with van der Waals surface area (Å²) in [5.41, 5.74) is 2.68. The minimum atomic E-state index is -4.05. The molecule has 9 heteroatoms. The molecule has 1 fully saturated rings. The lowest BCUT2D eigenvalue weighted by atomic mass is 9.94. The smallest absolute Gasteiger partial charge is 0.265 e. The van der Waals surface area contributed by atoms with Gasteiger partial charge in [-0.2, -0.15) is 0 Å². The number of sulfone groups is 1. The maximum atomic E-state index is 13.5. The first-order chi connectivity index (χ1) is 14.8. The van der Waals surface area contributed by atoms with Crippen molar-refractivity contribution in [3.63, 3.8) is 0 Å². The highest BCUT2D eigenvalue weighted by atomic mass is 32.2. The quantitative estimate of drug-likeness (QED) is 0.371. The first-order valence-electron chi connectivity index (χ1n) is 10.3. The predicted octanol–water partition coefficient (Wildman–Crippen LogP) is 2.88. The number of carbonyl (C=O) groups excluding carboxylic acids is 1. The Morgan fingerprint density at radius 2 is 1.65 bits per heavy atom. The second-order valence-corrected chi connectivity index (χ2v) is 10.1. The fraction of sp³-hybridized carbons (Fsp3) is 0.409. The van der Waals surface area contributed by atoms with Crippen LogP contribution in [0.4, 0.5) is 0 Å². The van der Waals surface area contributed by atoms with Gasteiger partial charge in [0.2, 0.25) is 0 Å². The van der Waals surface area contributed by atoms with Gasteiger partial charge in [0.05, 0.1) is 12.7 Å². The van der Waals surface area contributed by atoms with Gasteiger partial charge in [0.1, 0.15) is 11.5 Å². The summed E-state index contributed by atoms with van der Waals surface area (Å²) < 4.78 is 31.0. The number of nitrogens with zero attached hydrogens (tertiary/aromatic N) is 1. The van der Waals surface area contributed by atoms with Crippen molar-refractivity contribution in [1.29, 1.82) is 0 Å². The van der Waals surface area contributed by atoms with Crippen LogP contribution in [0.15, 0.2) is 53.4 Å². The number of benzene rings is 2. The largest absolute Gasteiger partial charge is 0.457 e. The van der Waals surface area contributed by atoms with E-state index in [-0.39, 0.29) is 17.7 Å². The van der Waals surface area contributed by atoms with Gasteiger partial charge in [-0.05, 0) is 69.1 Å². The van der Waals surface area contributed by atoms with Gasteiger partial charge in [-0.3, -0.25) is 10.0 Å². The van der Waals surface area contributed by atoms with Crippen LogP contribution in [0.25, 0.3) is 0 Å². The molecule has 1 aliphatic rings. The number of nitrogens with one attached hydrogen (secondary N) is 1. The Labute approximate surface area is 184 Å². The molecule has 1 heterocycles. The monoisotopic (exact) mass is 442 g/mol. The van der Waals surface area contributed by atoms with Crippen LogP contribution in [0.1, 0.15) is 24.8 Å². The number of carbonyl (C=O) groups is 1. The molecule has 2 aromatic rings. The third-order valence-electron chi connectivity index (χ3n) is 5.76. The second kappa shape index (κ2) is 9.85. The molecular weight excluding hydrogens is 415 g/mol. The van der Waals surface area contributed by atoms with Crippen LogP contribution < -0.4 is 10.2 Å². The molecule has 1 aliphatic heterocycles. The van der Waals surface area contributed by atoms with E-state index in [1.54, 1.807) is 17.6 Å². The normalized spacial score (nSPS) is 16.6. The lowest BCUT2D eigenvalue weighted by molar-refractivity contribution is -0.133. The SMILES string of the molecule is [B]CCCN1CCC(C(=O)NO)(S(=O)(=O)c2ccc(Oc3ccc(C)cc3)cc2)CC1. The van der Waals surface area contributed by atoms with E-state index in [4.69, 9.17) is 12.6 Å². The molecule has 1 saturated heterocycles. The van der Waals surface area contributed by atoms with Crippen molar-refractivity contribution in [1.82, 2.24) is 10.4 Å². The van der Waals surface area contributed by atoms with Crippen LogP contribution in [-0.2, 0) is 14.6 Å². The zero-order chi connectivity index (χ0) is 22.5. The average Bonchev–Trinajstić information content (AvgIpc) is 2.79. The van der Waals surface area contributed by atoms with E-state index in [9.17, 15) is 18.4 Å². The van der Waals surface area contributed by atoms with Gasteiger partial charge in [-0.1, -0.05) is 24.0 Å². The molecule has 7 nitrogen and oxygen atoms in total. The number of amides is 1. The van der Waals surface area contributed by atoms with E-state index in [1.807, 2.05) is 31.2 Å². The van der Waals surface area contributed by atoms with Gasteiger partial charge in [-0.25, -0.2) is 13.9 Å². The molecule has 0 atom stereocenters. The highest BCUT2D eigenvalue weighted by Crippen LogP contribution is 2.37. The van der Waals surface area contributed by atoms with E-state index >= 15 is 0 Å². The van der Waals surface area contributed by atoms with Crippen molar-refractivity contribution < 1.29 is 23.2 Å². The van der Waals surface area contributed by atoms with Gasteiger partial charge in [-0.15, -0.1) is 0 Å². The molecule has 0 unspecified atom stereocenters. The number of rotatable bonds is 8. The number of hydrogen-bond donors (Lipinski definition) is 2. The lowest BCUT2D eigenvalue weighted by Crippen LogP contribution is -2.57. The number of likely N-dealkylation sites (tertiary alicyclic amines) is 1. The number of piperidine rings is 1. The topological polar surface area (TPSA) is 95.9 Å². The van der Waals surface area contributed by atoms with Crippen molar-refractivity contribution in [2.75, 3.05) is 19.6 Å². The fourth-order valence-electron chi connectivity index (χ4n) is 3.83. The van der Waals surface area contributed by atoms with Gasteiger partial charge >= 0.3 is 0 Å². The molecular formula is C22H27BN2O5S. The van der Waals surface area contributed by atoms with Crippen molar-refractivity contribution in [2.45, 2.75) is 42.1 Å². The molecule has 1 amide bonds. The number of ether oxygens (including phenoxy) is 1. The Morgan fingerprint density at radius 1 is 1.10 bits per heavy atom. The molecule has 0 aliphatic carbocycles. The molecule has 0 bridgehead atoms. The van der Waals surface area contributed by atoms with Crippen LogP contribution in [0, 0.1) is 6.92 Å². The standard InChI is InChI=1S/C22H27BN2O5S/c1-17-3-5-18(6-4-17)30-19-7-9-20(10-8-19)31(28,29)22(21(26)24-27)11-15-25(16-12-22)14-2-13-23/h3-10,27H,2,11-16H2,1H3,(H,24,26). The molecule has 0 saturated carbocycles. The third-order valence-corrected chi connectivity index (χ3v) is 8.28. The van der Waals surface area contributed by atoms with E-state index in [0.717, 1.165) is 18.5 Å². The highest BCUT2D eigenvalue weighted by Gasteiger charge is 2.52. The maximum Gasteiger partial charge on any atom is 0.265 e. The molecule has 2 N–H and O–H groups in total. The third kappa shape index (κ3) is 4.94. The molecule has 2 radical (unpaired) electrons. The Hall–Kier alpha value is -2.36. The van der Waals surface area contributed by atoms with Gasteiger partial charge in [0.15, 0.2) is 14.6 Å². The second-order valence-electron chi connectivity index (χ2n) is 7.81. The summed E-state index contributed by atoms with van der Waals surface area (Å²) in [6.45, 7) is 3.59. The Morgan fingerprint density at radius 3 is 2.16 bits per heavy atom. The van der Waals surface area contributed by atoms with E-state index in [2.05, 4.69) is 4.90 Å². The predicted molar refractivity (Wildman–Crippen MR) is 118 cm³/mol. The van der Waals surface area contributed by atoms with Gasteiger partial charge < -0.3 is 9.64 Å². The minimum absolute atomic E-state index is 0.0164. The van der Waals surface area contributed by atoms with Crippen molar-refractivity contribution in [3.05, 3.63) is 54.1 Å². The summed E-state index contributed by atoms with van der Waals surface area (Å²) in [6.07, 6.45) is 1.53. The fourth-order valence-corrected chi connectivity index (χ4v) is 5.78. The first-order valence-corrected chi connectivity index (χ1v) is 11.8. The molecule has 0 aromatic heterocycles. The van der Waals surface area contributed by atoms with E-state index < -0.39 is 20.5 Å². The Kier molecular flexibility index (Phi) is 7.40. The van der Waals surface area contributed by atoms with Crippen LogP contribution in [0.3, 0.4) is 0 Å². The van der Waals surface area contributed by atoms with Crippen LogP contribution >= 0.6 is 0 Å². The van der Waals surface area contributed by atoms with Crippen molar-refractivity contribution in [2.24, 2.45) is 0 Å². The van der Waals surface area contributed by atoms with Crippen LogP contribution in [-0.4, -0.2) is 56.7 Å². The van der Waals surface area contributed by atoms with E-state index in [1.165, 1.54) is 12.1 Å². The Bertz CT molecular complexity index is 986. The van der Waals surface area contributed by atoms with Crippen molar-refractivity contribution in [3.8, 4) is 11.5 Å². The summed E-state index contributed by atoms with van der Waals surface area (Å²) in [5, 5.41) is 9.28. The lowest BCUT2D eigenvalue weighted by Gasteiger charge is -2.39. The van der Waals surface area contributed by atoms with Crippen LogP contribution in [0.2, 0.25) is 6.32 Å². The first kappa shape index (κ1) is 23.3. The molecule has 164 valence electrons. The number of hydrogen-bond acceptors (Lipinski definition) is 6. The van der Waals surface area contributed by atoms with E-state index in [0.29, 0.717) is 30.9 Å². The molecule has 0 spiro atoms. The molecule has 2 aromatic carbocycles. The molecule has 31 heavy (non-hydrogen) atoms. The number of hydroxylamine groups is 1. The van der Waals surface area contributed by atoms with Gasteiger partial charge in [0, 0.05) is 13.1 Å². The summed E-state index contributed by atoms with van der Waals surface area (Å²) in [5.74, 6) is 0.230. The Balaban J connectivity index is 1.81. The summed E-state index contributed by atoms with van der Waals surface area (Å²) in [7, 11) is 1.50. The highest BCUT2D eigenvalue weighted by molar-refractivity contribution is 7.93. The summed E-state index contributed by atoms with van der Waals surface area (Å²) in [6, 6.07) is 13.5. The minimum Gasteiger partial charge on any atom is -0.457 e. The summed E-state index contributed by atoms with van der Waals surface area (Å²) >= 11 is 0. The number of aryl methyl sites for hydroxylation is 1. The zero-order valence-electron chi connectivity index (χ0n) is 17.6. The summed E-state index contributed by atoms with van der Waals surface area (Å²) in [4.78, 5) is 14.7. The van der Waals surface area contributed by atoms with Gasteiger partial charge in [0.25, 0.3) is 5.91 Å². The zero-order valence-corrected chi connectivity index (χ0v) is 18.4. The van der Waals surface area contributed by atoms with Crippen molar-refractivity contribution >= 4 is 23.6 Å². The molecule has 3 rings (SSSR count). The maximum absolute atomic E-state index is 13.5. The average molecular weight is 442 g/mol. The van der Waals surface area contributed by atoms with Crippen LogP contribution in [0.5, 0.6) is 11.5 Å².